The van der Waals surface area contributed by atoms with Crippen LogP contribution in [-0.4, -0.2) is 24.5 Å². The molecule has 1 aromatic rings. The maximum Gasteiger partial charge on any atom is 0.123 e. The highest BCUT2D eigenvalue weighted by atomic mass is 19.1. The van der Waals surface area contributed by atoms with E-state index in [4.69, 9.17) is 5.73 Å². The van der Waals surface area contributed by atoms with Crippen LogP contribution in [0.15, 0.2) is 18.2 Å². The van der Waals surface area contributed by atoms with Gasteiger partial charge in [-0.3, -0.25) is 0 Å². The van der Waals surface area contributed by atoms with Crippen LogP contribution in [0, 0.1) is 18.7 Å². The summed E-state index contributed by atoms with van der Waals surface area (Å²) < 4.78 is 13.0. The summed E-state index contributed by atoms with van der Waals surface area (Å²) in [6, 6.07) is 5.23. The summed E-state index contributed by atoms with van der Waals surface area (Å²) in [6.07, 6.45) is 0.994. The molecule has 102 valence electrons. The highest BCUT2D eigenvalue weighted by Gasteiger charge is 2.10. The molecule has 0 fully saturated rings. The van der Waals surface area contributed by atoms with E-state index in [1.54, 1.807) is 6.07 Å². The molecular weight excluding hydrogens is 227 g/mol. The van der Waals surface area contributed by atoms with Gasteiger partial charge in [-0.25, -0.2) is 4.39 Å². The normalized spacial score (nSPS) is 13.3. The van der Waals surface area contributed by atoms with Gasteiger partial charge >= 0.3 is 0 Å². The lowest BCUT2D eigenvalue weighted by molar-refractivity contribution is 0.296. The average Bonchev–Trinajstić information content (AvgIpc) is 2.29. The van der Waals surface area contributed by atoms with E-state index >= 15 is 0 Å². The van der Waals surface area contributed by atoms with Gasteiger partial charge in [0.1, 0.15) is 5.82 Å². The smallest absolute Gasteiger partial charge is 0.123 e. The first kappa shape index (κ1) is 15.1. The fourth-order valence-electron chi connectivity index (χ4n) is 1.91. The van der Waals surface area contributed by atoms with Crippen molar-refractivity contribution in [3.8, 4) is 0 Å². The molecule has 1 unspecified atom stereocenters. The number of nitrogens with zero attached hydrogens (tertiary/aromatic N) is 1. The minimum Gasteiger partial charge on any atom is -0.327 e. The fourth-order valence-corrected chi connectivity index (χ4v) is 1.91. The zero-order chi connectivity index (χ0) is 13.7. The van der Waals surface area contributed by atoms with Gasteiger partial charge in [-0.15, -0.1) is 0 Å². The first-order valence-corrected chi connectivity index (χ1v) is 6.59. The summed E-state index contributed by atoms with van der Waals surface area (Å²) in [4.78, 5) is 2.24. The van der Waals surface area contributed by atoms with Crippen LogP contribution < -0.4 is 5.73 Å². The molecule has 0 spiro atoms. The maximum absolute atomic E-state index is 13.0. The van der Waals surface area contributed by atoms with E-state index in [1.165, 1.54) is 11.6 Å². The van der Waals surface area contributed by atoms with Crippen LogP contribution in [0.5, 0.6) is 0 Å². The number of halogens is 1. The van der Waals surface area contributed by atoms with Gasteiger partial charge in [-0.2, -0.15) is 0 Å². The molecule has 0 saturated heterocycles. The van der Waals surface area contributed by atoms with Crippen molar-refractivity contribution in [2.24, 2.45) is 11.7 Å². The molecule has 0 heterocycles. The van der Waals surface area contributed by atoms with Gasteiger partial charge in [-0.05, 0) is 56.1 Å². The Bertz CT molecular complexity index is 377. The third kappa shape index (κ3) is 4.75. The first-order chi connectivity index (χ1) is 8.40. The van der Waals surface area contributed by atoms with E-state index in [0.29, 0.717) is 5.92 Å². The molecule has 0 aliphatic heterocycles. The van der Waals surface area contributed by atoms with Gasteiger partial charge in [-0.1, -0.05) is 19.9 Å². The van der Waals surface area contributed by atoms with Crippen molar-refractivity contribution in [1.29, 1.82) is 0 Å². The van der Waals surface area contributed by atoms with E-state index in [9.17, 15) is 4.39 Å². The zero-order valence-electron chi connectivity index (χ0n) is 11.9. The van der Waals surface area contributed by atoms with Gasteiger partial charge in [0.05, 0.1) is 0 Å². The lowest BCUT2D eigenvalue weighted by Crippen LogP contribution is -2.31. The number of rotatable bonds is 6. The molecular formula is C15H25FN2. The van der Waals surface area contributed by atoms with Crippen molar-refractivity contribution in [1.82, 2.24) is 4.90 Å². The minimum atomic E-state index is -0.166. The number of benzene rings is 1. The monoisotopic (exact) mass is 252 g/mol. The summed E-state index contributed by atoms with van der Waals surface area (Å²) in [5.74, 6) is 0.353. The number of aryl methyl sites for hydroxylation is 1. The largest absolute Gasteiger partial charge is 0.327 e. The Morgan fingerprint density at radius 3 is 2.56 bits per heavy atom. The second-order valence-electron chi connectivity index (χ2n) is 5.51. The van der Waals surface area contributed by atoms with Gasteiger partial charge < -0.3 is 10.6 Å². The molecule has 2 N–H and O–H groups in total. The van der Waals surface area contributed by atoms with Crippen molar-refractivity contribution >= 4 is 0 Å². The lowest BCUT2D eigenvalue weighted by Gasteiger charge is -2.22. The van der Waals surface area contributed by atoms with Crippen LogP contribution in [0.1, 0.15) is 31.4 Å². The highest BCUT2D eigenvalue weighted by molar-refractivity contribution is 5.26. The SMILES string of the molecule is Cc1cc(F)ccc1CN(C)CCC(N)C(C)C. The molecule has 0 aliphatic carbocycles. The zero-order valence-corrected chi connectivity index (χ0v) is 11.9. The molecule has 1 rings (SSSR count). The van der Waals surface area contributed by atoms with Crippen LogP contribution in [-0.2, 0) is 6.54 Å². The Balaban J connectivity index is 2.47. The van der Waals surface area contributed by atoms with E-state index < -0.39 is 0 Å². The first-order valence-electron chi connectivity index (χ1n) is 6.59. The quantitative estimate of drug-likeness (QED) is 0.843. The lowest BCUT2D eigenvalue weighted by atomic mass is 10.0. The standard InChI is InChI=1S/C15H25FN2/c1-11(2)15(17)7-8-18(4)10-13-5-6-14(16)9-12(13)3/h5-6,9,11,15H,7-8,10,17H2,1-4H3. The van der Waals surface area contributed by atoms with Crippen molar-refractivity contribution < 1.29 is 4.39 Å². The Hall–Kier alpha value is -0.930. The van der Waals surface area contributed by atoms with Crippen molar-refractivity contribution in [2.75, 3.05) is 13.6 Å². The molecule has 0 saturated carbocycles. The van der Waals surface area contributed by atoms with Crippen LogP contribution in [0.25, 0.3) is 0 Å². The third-order valence-corrected chi connectivity index (χ3v) is 3.45. The van der Waals surface area contributed by atoms with Crippen molar-refractivity contribution in [2.45, 2.75) is 39.8 Å². The van der Waals surface area contributed by atoms with Crippen molar-refractivity contribution in [3.63, 3.8) is 0 Å². The summed E-state index contributed by atoms with van der Waals surface area (Å²) in [5.41, 5.74) is 8.22. The van der Waals surface area contributed by atoms with E-state index in [-0.39, 0.29) is 11.9 Å². The van der Waals surface area contributed by atoms with Gasteiger partial charge in [0.2, 0.25) is 0 Å². The molecule has 0 radical (unpaired) electrons. The topological polar surface area (TPSA) is 29.3 Å². The van der Waals surface area contributed by atoms with E-state index in [1.807, 2.05) is 13.0 Å². The molecule has 0 aliphatic rings. The minimum absolute atomic E-state index is 0.166. The second kappa shape index (κ2) is 6.86. The summed E-state index contributed by atoms with van der Waals surface area (Å²) >= 11 is 0. The predicted octanol–water partition coefficient (Wildman–Crippen LogP) is 2.94. The van der Waals surface area contributed by atoms with Crippen LogP contribution in [0.3, 0.4) is 0 Å². The highest BCUT2D eigenvalue weighted by Crippen LogP contribution is 2.13. The summed E-state index contributed by atoms with van der Waals surface area (Å²) in [7, 11) is 2.08. The van der Waals surface area contributed by atoms with Gasteiger partial charge in [0.15, 0.2) is 0 Å². The van der Waals surface area contributed by atoms with Crippen LogP contribution in [0.4, 0.5) is 4.39 Å². The van der Waals surface area contributed by atoms with Crippen molar-refractivity contribution in [3.05, 3.63) is 35.1 Å². The molecule has 3 heteroatoms. The Morgan fingerprint density at radius 2 is 2.00 bits per heavy atom. The molecule has 0 amide bonds. The van der Waals surface area contributed by atoms with E-state index in [2.05, 4.69) is 25.8 Å². The molecule has 0 aromatic heterocycles. The van der Waals surface area contributed by atoms with Gasteiger partial charge in [0, 0.05) is 12.6 Å². The summed E-state index contributed by atoms with van der Waals surface area (Å²) in [5, 5.41) is 0. The van der Waals surface area contributed by atoms with Crippen LogP contribution >= 0.6 is 0 Å². The Labute approximate surface area is 110 Å². The number of hydrogen-bond donors (Lipinski definition) is 1. The Morgan fingerprint density at radius 1 is 1.33 bits per heavy atom. The second-order valence-corrected chi connectivity index (χ2v) is 5.51. The molecule has 18 heavy (non-hydrogen) atoms. The molecule has 2 nitrogen and oxygen atoms in total. The Kier molecular flexibility index (Phi) is 5.76. The van der Waals surface area contributed by atoms with Gasteiger partial charge in [0.25, 0.3) is 0 Å². The third-order valence-electron chi connectivity index (χ3n) is 3.45. The molecule has 1 atom stereocenters. The fraction of sp³-hybridized carbons (Fsp3) is 0.600. The number of hydrogen-bond acceptors (Lipinski definition) is 2. The average molecular weight is 252 g/mol. The van der Waals surface area contributed by atoms with E-state index in [0.717, 1.165) is 25.1 Å². The summed E-state index contributed by atoms with van der Waals surface area (Å²) in [6.45, 7) is 8.06. The molecule has 1 aromatic carbocycles. The number of nitrogens with two attached hydrogens (primary N) is 1. The van der Waals surface area contributed by atoms with Crippen LogP contribution in [0.2, 0.25) is 0 Å². The molecule has 0 bridgehead atoms. The maximum atomic E-state index is 13.0. The predicted molar refractivity (Wildman–Crippen MR) is 74.9 cm³/mol.